The number of hydrogen-bond donors (Lipinski definition) is 0. The van der Waals surface area contributed by atoms with Crippen LogP contribution in [0, 0.1) is 16.0 Å². The molecule has 3 heterocycles. The standard InChI is InChI=1S/C18H22N4O3/c23-22(24)15-5-3-4-14(12-15)17-19-20-18-16(6-1-2-9-21(17)18)13-7-10-25-11-8-13/h3-5,12-13,16H,1-2,6-11H2. The molecule has 1 saturated heterocycles. The number of benzene rings is 1. The van der Waals surface area contributed by atoms with E-state index in [0.29, 0.717) is 11.8 Å². The van der Waals surface area contributed by atoms with Crippen molar-refractivity contribution < 1.29 is 9.66 Å². The lowest BCUT2D eigenvalue weighted by Crippen LogP contribution is -2.23. The highest BCUT2D eigenvalue weighted by atomic mass is 16.6. The number of aromatic nitrogens is 3. The summed E-state index contributed by atoms with van der Waals surface area (Å²) < 4.78 is 7.70. The van der Waals surface area contributed by atoms with Gasteiger partial charge in [0.2, 0.25) is 0 Å². The molecule has 1 unspecified atom stereocenters. The molecule has 25 heavy (non-hydrogen) atoms. The van der Waals surface area contributed by atoms with Crippen molar-refractivity contribution in [1.82, 2.24) is 14.8 Å². The molecule has 132 valence electrons. The van der Waals surface area contributed by atoms with E-state index in [2.05, 4.69) is 14.8 Å². The van der Waals surface area contributed by atoms with Crippen LogP contribution in [-0.2, 0) is 11.3 Å². The maximum Gasteiger partial charge on any atom is 0.270 e. The lowest BCUT2D eigenvalue weighted by molar-refractivity contribution is -0.384. The van der Waals surface area contributed by atoms with Crippen molar-refractivity contribution >= 4 is 5.69 Å². The van der Waals surface area contributed by atoms with Gasteiger partial charge in [0, 0.05) is 43.4 Å². The summed E-state index contributed by atoms with van der Waals surface area (Å²) in [5.41, 5.74) is 0.852. The Morgan fingerprint density at radius 2 is 2.00 bits per heavy atom. The molecule has 4 rings (SSSR count). The second-order valence-corrected chi connectivity index (χ2v) is 6.89. The number of nitro groups is 1. The fourth-order valence-electron chi connectivity index (χ4n) is 4.11. The van der Waals surface area contributed by atoms with Crippen LogP contribution in [0.25, 0.3) is 11.4 Å². The summed E-state index contributed by atoms with van der Waals surface area (Å²) in [6, 6.07) is 6.68. The highest BCUT2D eigenvalue weighted by Crippen LogP contribution is 2.38. The highest BCUT2D eigenvalue weighted by Gasteiger charge is 2.31. The Hall–Kier alpha value is -2.28. The molecular formula is C18H22N4O3. The molecule has 1 aromatic heterocycles. The Morgan fingerprint density at radius 1 is 1.16 bits per heavy atom. The van der Waals surface area contributed by atoms with E-state index >= 15 is 0 Å². The minimum Gasteiger partial charge on any atom is -0.381 e. The number of fused-ring (bicyclic) bond motifs is 1. The van der Waals surface area contributed by atoms with E-state index in [-0.39, 0.29) is 10.6 Å². The zero-order chi connectivity index (χ0) is 17.2. The molecule has 1 aromatic carbocycles. The third-order valence-electron chi connectivity index (χ3n) is 5.41. The first-order valence-electron chi connectivity index (χ1n) is 8.99. The van der Waals surface area contributed by atoms with Crippen LogP contribution in [0.2, 0.25) is 0 Å². The molecule has 0 saturated carbocycles. The number of rotatable bonds is 3. The van der Waals surface area contributed by atoms with Gasteiger partial charge in [-0.2, -0.15) is 0 Å². The summed E-state index contributed by atoms with van der Waals surface area (Å²) in [6.07, 6.45) is 5.55. The second kappa shape index (κ2) is 6.92. The second-order valence-electron chi connectivity index (χ2n) is 6.89. The third-order valence-corrected chi connectivity index (χ3v) is 5.41. The van der Waals surface area contributed by atoms with Crippen molar-refractivity contribution in [3.63, 3.8) is 0 Å². The highest BCUT2D eigenvalue weighted by molar-refractivity contribution is 5.59. The van der Waals surface area contributed by atoms with E-state index in [0.717, 1.165) is 62.7 Å². The molecule has 1 atom stereocenters. The molecule has 1 fully saturated rings. The number of nitrogens with zero attached hydrogens (tertiary/aromatic N) is 4. The van der Waals surface area contributed by atoms with Crippen LogP contribution in [0.1, 0.15) is 43.8 Å². The average molecular weight is 342 g/mol. The Bertz CT molecular complexity index is 767. The molecule has 0 N–H and O–H groups in total. The summed E-state index contributed by atoms with van der Waals surface area (Å²) in [5, 5.41) is 20.0. The smallest absolute Gasteiger partial charge is 0.270 e. The molecule has 7 heteroatoms. The van der Waals surface area contributed by atoms with E-state index < -0.39 is 0 Å². The molecule has 2 aliphatic heterocycles. The van der Waals surface area contributed by atoms with Crippen molar-refractivity contribution in [3.05, 3.63) is 40.2 Å². The van der Waals surface area contributed by atoms with Gasteiger partial charge in [0.1, 0.15) is 5.82 Å². The normalized spacial score (nSPS) is 21.5. The first kappa shape index (κ1) is 16.2. The predicted octanol–water partition coefficient (Wildman–Crippen LogP) is 3.55. The first-order chi connectivity index (χ1) is 12.2. The molecule has 2 aromatic rings. The molecule has 0 radical (unpaired) electrons. The molecule has 0 amide bonds. The van der Waals surface area contributed by atoms with Crippen LogP contribution in [0.3, 0.4) is 0 Å². The van der Waals surface area contributed by atoms with Crippen LogP contribution in [0.5, 0.6) is 0 Å². The Balaban J connectivity index is 1.71. The Labute approximate surface area is 146 Å². The van der Waals surface area contributed by atoms with Crippen LogP contribution in [0.4, 0.5) is 5.69 Å². The van der Waals surface area contributed by atoms with E-state index in [9.17, 15) is 10.1 Å². The number of hydrogen-bond acceptors (Lipinski definition) is 5. The van der Waals surface area contributed by atoms with E-state index in [4.69, 9.17) is 4.74 Å². The van der Waals surface area contributed by atoms with Gasteiger partial charge in [-0.1, -0.05) is 18.6 Å². The fraction of sp³-hybridized carbons (Fsp3) is 0.556. The maximum absolute atomic E-state index is 11.1. The molecule has 0 spiro atoms. The van der Waals surface area contributed by atoms with Gasteiger partial charge in [0.25, 0.3) is 5.69 Å². The van der Waals surface area contributed by atoms with Crippen LogP contribution in [0.15, 0.2) is 24.3 Å². The Kier molecular flexibility index (Phi) is 4.48. The molecule has 0 bridgehead atoms. The van der Waals surface area contributed by atoms with Crippen LogP contribution >= 0.6 is 0 Å². The summed E-state index contributed by atoms with van der Waals surface area (Å²) in [6.45, 7) is 2.53. The zero-order valence-corrected chi connectivity index (χ0v) is 14.1. The third kappa shape index (κ3) is 3.16. The van der Waals surface area contributed by atoms with Gasteiger partial charge in [0.15, 0.2) is 5.82 Å². The molecule has 0 aliphatic carbocycles. The summed E-state index contributed by atoms with van der Waals surface area (Å²) >= 11 is 0. The monoisotopic (exact) mass is 342 g/mol. The van der Waals surface area contributed by atoms with Crippen molar-refractivity contribution in [3.8, 4) is 11.4 Å². The van der Waals surface area contributed by atoms with Crippen molar-refractivity contribution in [2.75, 3.05) is 13.2 Å². The van der Waals surface area contributed by atoms with Crippen molar-refractivity contribution in [1.29, 1.82) is 0 Å². The van der Waals surface area contributed by atoms with Gasteiger partial charge in [-0.3, -0.25) is 10.1 Å². The van der Waals surface area contributed by atoms with Crippen LogP contribution in [-0.4, -0.2) is 32.9 Å². The van der Waals surface area contributed by atoms with E-state index in [1.165, 1.54) is 12.5 Å². The van der Waals surface area contributed by atoms with Crippen molar-refractivity contribution in [2.24, 2.45) is 5.92 Å². The van der Waals surface area contributed by atoms with Crippen molar-refractivity contribution in [2.45, 2.75) is 44.6 Å². The van der Waals surface area contributed by atoms with Gasteiger partial charge in [-0.25, -0.2) is 0 Å². The number of ether oxygens (including phenoxy) is 1. The van der Waals surface area contributed by atoms with E-state index in [1.807, 2.05) is 6.07 Å². The number of nitro benzene ring substituents is 1. The average Bonchev–Trinajstić information content (AvgIpc) is 2.95. The first-order valence-corrected chi connectivity index (χ1v) is 8.99. The number of non-ortho nitro benzene ring substituents is 1. The minimum atomic E-state index is -0.367. The topological polar surface area (TPSA) is 83.1 Å². The van der Waals surface area contributed by atoms with E-state index in [1.54, 1.807) is 12.1 Å². The molecular weight excluding hydrogens is 320 g/mol. The summed E-state index contributed by atoms with van der Waals surface area (Å²) in [5.74, 6) is 2.79. The van der Waals surface area contributed by atoms with Crippen LogP contribution < -0.4 is 0 Å². The Morgan fingerprint density at radius 3 is 2.80 bits per heavy atom. The zero-order valence-electron chi connectivity index (χ0n) is 14.1. The predicted molar refractivity (Wildman–Crippen MR) is 92.2 cm³/mol. The quantitative estimate of drug-likeness (QED) is 0.629. The largest absolute Gasteiger partial charge is 0.381 e. The fourth-order valence-corrected chi connectivity index (χ4v) is 4.11. The summed E-state index contributed by atoms with van der Waals surface area (Å²) in [7, 11) is 0. The van der Waals surface area contributed by atoms with Gasteiger partial charge in [0.05, 0.1) is 4.92 Å². The lowest BCUT2D eigenvalue weighted by atomic mass is 9.82. The van der Waals surface area contributed by atoms with Gasteiger partial charge in [-0.05, 0) is 31.6 Å². The van der Waals surface area contributed by atoms with Gasteiger partial charge in [-0.15, -0.1) is 10.2 Å². The maximum atomic E-state index is 11.1. The summed E-state index contributed by atoms with van der Waals surface area (Å²) in [4.78, 5) is 10.7. The lowest BCUT2D eigenvalue weighted by Gasteiger charge is -2.28. The minimum absolute atomic E-state index is 0.0875. The molecule has 7 nitrogen and oxygen atoms in total. The van der Waals surface area contributed by atoms with Gasteiger partial charge >= 0.3 is 0 Å². The molecule has 2 aliphatic rings. The SMILES string of the molecule is O=[N+]([O-])c1cccc(-c2nnc3n2CCCCC3C2CCOCC2)c1. The van der Waals surface area contributed by atoms with Gasteiger partial charge < -0.3 is 9.30 Å².